The Morgan fingerprint density at radius 2 is 2.21 bits per heavy atom. The molecule has 0 saturated heterocycles. The maximum absolute atomic E-state index is 8.86. The van der Waals surface area contributed by atoms with Crippen molar-refractivity contribution in [2.45, 2.75) is 6.54 Å². The zero-order valence-corrected chi connectivity index (χ0v) is 9.91. The molecule has 0 aliphatic rings. The van der Waals surface area contributed by atoms with Crippen LogP contribution in [0.5, 0.6) is 5.75 Å². The Morgan fingerprint density at radius 1 is 1.50 bits per heavy atom. The molecule has 14 heavy (non-hydrogen) atoms. The molecule has 1 rings (SSSR count). The third-order valence-corrected chi connectivity index (χ3v) is 2.53. The second-order valence-electron chi connectivity index (χ2n) is 3.12. The van der Waals surface area contributed by atoms with Gasteiger partial charge in [0, 0.05) is 6.54 Å². The van der Waals surface area contributed by atoms with E-state index >= 15 is 0 Å². The van der Waals surface area contributed by atoms with Gasteiger partial charge in [0.2, 0.25) is 0 Å². The van der Waals surface area contributed by atoms with Crippen molar-refractivity contribution in [2.24, 2.45) is 0 Å². The van der Waals surface area contributed by atoms with Crippen molar-refractivity contribution in [1.29, 1.82) is 0 Å². The fourth-order valence-electron chi connectivity index (χ4n) is 1.17. The zero-order chi connectivity index (χ0) is 10.6. The number of rotatable bonds is 4. The lowest BCUT2D eigenvalue weighted by atomic mass is 10.2. The van der Waals surface area contributed by atoms with Crippen molar-refractivity contribution in [3.8, 4) is 5.75 Å². The van der Waals surface area contributed by atoms with Crippen LogP contribution in [-0.2, 0) is 6.54 Å². The van der Waals surface area contributed by atoms with Crippen LogP contribution in [0.25, 0.3) is 0 Å². The topological polar surface area (TPSA) is 32.7 Å². The van der Waals surface area contributed by atoms with E-state index in [2.05, 4.69) is 15.9 Å². The number of methoxy groups -OCH3 is 1. The molecule has 0 fully saturated rings. The van der Waals surface area contributed by atoms with Gasteiger partial charge < -0.3 is 9.84 Å². The van der Waals surface area contributed by atoms with Crippen LogP contribution in [0.3, 0.4) is 0 Å². The van der Waals surface area contributed by atoms with Crippen molar-refractivity contribution in [3.63, 3.8) is 0 Å². The predicted molar refractivity (Wildman–Crippen MR) is 59.2 cm³/mol. The van der Waals surface area contributed by atoms with E-state index in [0.29, 0.717) is 0 Å². The van der Waals surface area contributed by atoms with E-state index in [4.69, 9.17) is 9.84 Å². The van der Waals surface area contributed by atoms with Crippen LogP contribution in [0.1, 0.15) is 5.56 Å². The minimum absolute atomic E-state index is 0.0592. The maximum Gasteiger partial charge on any atom is 0.133 e. The summed E-state index contributed by atoms with van der Waals surface area (Å²) in [7, 11) is 3.50. The number of aliphatic hydroxyl groups is 1. The lowest BCUT2D eigenvalue weighted by Gasteiger charge is -2.13. The molecule has 0 atom stereocenters. The van der Waals surface area contributed by atoms with Gasteiger partial charge in [-0.05, 0) is 40.7 Å². The number of hydrogen-bond donors (Lipinski definition) is 1. The highest BCUT2D eigenvalue weighted by Crippen LogP contribution is 2.25. The Labute approximate surface area is 92.4 Å². The van der Waals surface area contributed by atoms with Crippen LogP contribution in [0.2, 0.25) is 0 Å². The molecule has 78 valence electrons. The molecular formula is C10H14BrNO2. The fraction of sp³-hybridized carbons (Fsp3) is 0.400. The monoisotopic (exact) mass is 259 g/mol. The van der Waals surface area contributed by atoms with E-state index in [0.717, 1.165) is 22.3 Å². The molecule has 1 N–H and O–H groups in total. The van der Waals surface area contributed by atoms with E-state index in [1.165, 1.54) is 0 Å². The van der Waals surface area contributed by atoms with Crippen molar-refractivity contribution in [2.75, 3.05) is 20.9 Å². The molecule has 4 heteroatoms. The minimum atomic E-state index is 0.0592. The predicted octanol–water partition coefficient (Wildman–Crippen LogP) is 1.84. The smallest absolute Gasteiger partial charge is 0.133 e. The molecular weight excluding hydrogens is 246 g/mol. The lowest BCUT2D eigenvalue weighted by Crippen LogP contribution is -2.18. The Balaban J connectivity index is 2.76. The van der Waals surface area contributed by atoms with Gasteiger partial charge in [-0.15, -0.1) is 0 Å². The largest absolute Gasteiger partial charge is 0.496 e. The summed E-state index contributed by atoms with van der Waals surface area (Å²) < 4.78 is 6.06. The zero-order valence-electron chi connectivity index (χ0n) is 8.33. The Morgan fingerprint density at radius 3 is 2.71 bits per heavy atom. The van der Waals surface area contributed by atoms with Crippen molar-refractivity contribution in [3.05, 3.63) is 28.2 Å². The molecule has 0 spiro atoms. The van der Waals surface area contributed by atoms with E-state index in [1.807, 2.05) is 30.1 Å². The molecule has 1 aromatic rings. The third-order valence-electron chi connectivity index (χ3n) is 1.91. The summed E-state index contributed by atoms with van der Waals surface area (Å²) in [5.41, 5.74) is 1.13. The lowest BCUT2D eigenvalue weighted by molar-refractivity contribution is 0.127. The number of halogens is 1. The van der Waals surface area contributed by atoms with Crippen molar-refractivity contribution < 1.29 is 9.84 Å². The van der Waals surface area contributed by atoms with Crippen LogP contribution in [-0.4, -0.2) is 30.9 Å². The summed E-state index contributed by atoms with van der Waals surface area (Å²) in [5, 5.41) is 8.86. The normalized spacial score (nSPS) is 10.6. The molecule has 0 aliphatic carbocycles. The van der Waals surface area contributed by atoms with Gasteiger partial charge in [0.15, 0.2) is 0 Å². The van der Waals surface area contributed by atoms with E-state index in [9.17, 15) is 0 Å². The number of hydrogen-bond acceptors (Lipinski definition) is 3. The highest BCUT2D eigenvalue weighted by atomic mass is 79.9. The van der Waals surface area contributed by atoms with Gasteiger partial charge in [-0.2, -0.15) is 0 Å². The van der Waals surface area contributed by atoms with E-state index in [1.54, 1.807) is 7.11 Å². The van der Waals surface area contributed by atoms with Gasteiger partial charge in [0.1, 0.15) is 5.75 Å². The average molecular weight is 260 g/mol. The summed E-state index contributed by atoms with van der Waals surface area (Å²) in [6.07, 6.45) is 0. The van der Waals surface area contributed by atoms with Crippen LogP contribution < -0.4 is 4.74 Å². The first kappa shape index (κ1) is 11.5. The molecule has 1 aromatic carbocycles. The van der Waals surface area contributed by atoms with E-state index in [-0.39, 0.29) is 6.73 Å². The molecule has 0 saturated carbocycles. The van der Waals surface area contributed by atoms with Crippen LogP contribution in [0, 0.1) is 0 Å². The summed E-state index contributed by atoms with van der Waals surface area (Å²) in [6, 6.07) is 5.88. The number of aliphatic hydroxyl groups excluding tert-OH is 1. The second-order valence-corrected chi connectivity index (χ2v) is 3.98. The molecule has 0 bridgehead atoms. The second kappa shape index (κ2) is 5.34. The van der Waals surface area contributed by atoms with Crippen LogP contribution in [0.4, 0.5) is 0 Å². The molecule has 3 nitrogen and oxygen atoms in total. The van der Waals surface area contributed by atoms with E-state index < -0.39 is 0 Å². The fourth-order valence-corrected chi connectivity index (χ4v) is 1.76. The van der Waals surface area contributed by atoms with Crippen LogP contribution in [0.15, 0.2) is 22.7 Å². The van der Waals surface area contributed by atoms with Gasteiger partial charge in [-0.1, -0.05) is 6.07 Å². The first-order valence-corrected chi connectivity index (χ1v) is 5.08. The molecule has 0 amide bonds. The van der Waals surface area contributed by atoms with Gasteiger partial charge >= 0.3 is 0 Å². The quantitative estimate of drug-likeness (QED) is 0.838. The maximum atomic E-state index is 8.86. The van der Waals surface area contributed by atoms with Gasteiger partial charge in [0.25, 0.3) is 0 Å². The Bertz CT molecular complexity index is 304. The first-order chi connectivity index (χ1) is 6.67. The number of nitrogens with zero attached hydrogens (tertiary/aromatic N) is 1. The minimum Gasteiger partial charge on any atom is -0.496 e. The average Bonchev–Trinajstić information content (AvgIpc) is 2.18. The Kier molecular flexibility index (Phi) is 4.38. The van der Waals surface area contributed by atoms with Crippen molar-refractivity contribution in [1.82, 2.24) is 4.90 Å². The SMILES string of the molecule is COc1ccc(CN(C)CO)cc1Br. The summed E-state index contributed by atoms with van der Waals surface area (Å²) in [4.78, 5) is 1.81. The number of ether oxygens (including phenoxy) is 1. The highest BCUT2D eigenvalue weighted by Gasteiger charge is 2.03. The molecule has 0 unspecified atom stereocenters. The third kappa shape index (κ3) is 2.97. The summed E-state index contributed by atoms with van der Waals surface area (Å²) in [5.74, 6) is 0.820. The standard InChI is InChI=1S/C10H14BrNO2/c1-12(7-13)6-8-3-4-10(14-2)9(11)5-8/h3-5,13H,6-7H2,1-2H3. The van der Waals surface area contributed by atoms with Crippen molar-refractivity contribution >= 4 is 15.9 Å². The molecule has 0 radical (unpaired) electrons. The Hall–Kier alpha value is -0.580. The van der Waals surface area contributed by atoms with Gasteiger partial charge in [-0.25, -0.2) is 0 Å². The van der Waals surface area contributed by atoms with Gasteiger partial charge in [-0.3, -0.25) is 4.90 Å². The first-order valence-electron chi connectivity index (χ1n) is 4.29. The number of benzene rings is 1. The highest BCUT2D eigenvalue weighted by molar-refractivity contribution is 9.10. The van der Waals surface area contributed by atoms with Gasteiger partial charge in [0.05, 0.1) is 18.3 Å². The molecule has 0 aliphatic heterocycles. The summed E-state index contributed by atoms with van der Waals surface area (Å²) >= 11 is 3.41. The summed E-state index contributed by atoms with van der Waals surface area (Å²) in [6.45, 7) is 0.780. The van der Waals surface area contributed by atoms with Crippen LogP contribution >= 0.6 is 15.9 Å². The molecule has 0 heterocycles. The molecule has 0 aromatic heterocycles.